The van der Waals surface area contributed by atoms with Crippen LogP contribution in [0.15, 0.2) is 18.2 Å². The van der Waals surface area contributed by atoms with Gasteiger partial charge in [-0.05, 0) is 24.8 Å². The number of hydrogen-bond acceptors (Lipinski definition) is 4. The number of aromatic hydroxyl groups is 1. The van der Waals surface area contributed by atoms with Gasteiger partial charge < -0.3 is 15.2 Å². The number of hydrogen-bond donors (Lipinski definition) is 2. The maximum Gasteiger partial charge on any atom is 0.124 e. The normalized spacial score (nSPS) is 22.2. The van der Waals surface area contributed by atoms with E-state index in [1.54, 1.807) is 13.2 Å². The molecule has 1 aliphatic carbocycles. The number of methoxy groups -OCH3 is 1. The van der Waals surface area contributed by atoms with Crippen molar-refractivity contribution in [1.29, 1.82) is 0 Å². The van der Waals surface area contributed by atoms with E-state index >= 15 is 0 Å². The van der Waals surface area contributed by atoms with E-state index in [4.69, 9.17) is 4.74 Å². The van der Waals surface area contributed by atoms with Crippen LogP contribution in [-0.4, -0.2) is 43.3 Å². The molecule has 1 atom stereocenters. The molecule has 19 heavy (non-hydrogen) atoms. The minimum atomic E-state index is 0.369. The Kier molecular flexibility index (Phi) is 3.62. The Morgan fingerprint density at radius 2 is 2.05 bits per heavy atom. The van der Waals surface area contributed by atoms with Crippen LogP contribution in [0.4, 0.5) is 0 Å². The maximum atomic E-state index is 10.3. The topological polar surface area (TPSA) is 44.7 Å². The molecule has 0 bridgehead atoms. The molecule has 0 radical (unpaired) electrons. The van der Waals surface area contributed by atoms with Crippen LogP contribution < -0.4 is 10.1 Å². The molecular formula is C15H22N2O2. The molecule has 3 rings (SSSR count). The summed E-state index contributed by atoms with van der Waals surface area (Å²) in [7, 11) is 1.63. The number of ether oxygens (including phenoxy) is 1. The van der Waals surface area contributed by atoms with Crippen LogP contribution in [0.25, 0.3) is 0 Å². The van der Waals surface area contributed by atoms with Gasteiger partial charge in [-0.25, -0.2) is 0 Å². The first-order valence-corrected chi connectivity index (χ1v) is 7.11. The monoisotopic (exact) mass is 262 g/mol. The average Bonchev–Trinajstić information content (AvgIpc) is 3.27. The van der Waals surface area contributed by atoms with Crippen molar-refractivity contribution in [3.8, 4) is 11.5 Å². The van der Waals surface area contributed by atoms with E-state index < -0.39 is 0 Å². The first kappa shape index (κ1) is 12.8. The summed E-state index contributed by atoms with van der Waals surface area (Å²) in [6, 6.07) is 6.08. The third kappa shape index (κ3) is 2.69. The van der Waals surface area contributed by atoms with Gasteiger partial charge in [0.15, 0.2) is 0 Å². The minimum Gasteiger partial charge on any atom is -0.507 e. The van der Waals surface area contributed by atoms with Crippen molar-refractivity contribution in [3.05, 3.63) is 23.8 Å². The van der Waals surface area contributed by atoms with Gasteiger partial charge in [-0.3, -0.25) is 4.90 Å². The molecule has 0 aromatic heterocycles. The molecule has 1 saturated heterocycles. The fourth-order valence-electron chi connectivity index (χ4n) is 3.02. The fourth-order valence-corrected chi connectivity index (χ4v) is 3.02. The molecule has 0 unspecified atom stereocenters. The number of rotatable bonds is 4. The highest BCUT2D eigenvalue weighted by atomic mass is 16.5. The van der Waals surface area contributed by atoms with Crippen molar-refractivity contribution in [2.24, 2.45) is 5.92 Å². The number of phenolic OH excluding ortho intramolecular Hbond substituents is 1. The minimum absolute atomic E-state index is 0.369. The Bertz CT molecular complexity index is 440. The molecule has 2 aliphatic rings. The van der Waals surface area contributed by atoms with Crippen LogP contribution in [0.5, 0.6) is 11.5 Å². The smallest absolute Gasteiger partial charge is 0.124 e. The number of piperazine rings is 1. The zero-order chi connectivity index (χ0) is 13.2. The second kappa shape index (κ2) is 5.39. The predicted molar refractivity (Wildman–Crippen MR) is 74.6 cm³/mol. The van der Waals surface area contributed by atoms with Crippen molar-refractivity contribution < 1.29 is 9.84 Å². The average molecular weight is 262 g/mol. The van der Waals surface area contributed by atoms with Crippen LogP contribution in [0.2, 0.25) is 0 Å². The summed E-state index contributed by atoms with van der Waals surface area (Å²) in [4.78, 5) is 2.51. The van der Waals surface area contributed by atoms with E-state index in [9.17, 15) is 5.11 Å². The van der Waals surface area contributed by atoms with Gasteiger partial charge in [0.05, 0.1) is 7.11 Å². The second-order valence-electron chi connectivity index (χ2n) is 5.49. The van der Waals surface area contributed by atoms with Crippen LogP contribution in [0.3, 0.4) is 0 Å². The summed E-state index contributed by atoms with van der Waals surface area (Å²) in [5, 5.41) is 13.7. The maximum absolute atomic E-state index is 10.3. The highest BCUT2D eigenvalue weighted by molar-refractivity contribution is 5.42. The van der Waals surface area contributed by atoms with Crippen LogP contribution in [0, 0.1) is 5.92 Å². The molecule has 0 spiro atoms. The van der Waals surface area contributed by atoms with Gasteiger partial charge >= 0.3 is 0 Å². The predicted octanol–water partition coefficient (Wildman–Crippen LogP) is 1.76. The van der Waals surface area contributed by atoms with E-state index in [1.165, 1.54) is 12.8 Å². The van der Waals surface area contributed by atoms with Crippen molar-refractivity contribution in [2.45, 2.75) is 18.9 Å². The van der Waals surface area contributed by atoms with E-state index in [0.29, 0.717) is 17.7 Å². The molecule has 2 N–H and O–H groups in total. The van der Waals surface area contributed by atoms with Crippen molar-refractivity contribution in [3.63, 3.8) is 0 Å². The van der Waals surface area contributed by atoms with Crippen molar-refractivity contribution in [2.75, 3.05) is 33.3 Å². The van der Waals surface area contributed by atoms with Gasteiger partial charge in [0.1, 0.15) is 11.5 Å². The molecule has 104 valence electrons. The van der Waals surface area contributed by atoms with E-state index in [1.807, 2.05) is 12.1 Å². The first-order chi connectivity index (χ1) is 9.29. The Morgan fingerprint density at radius 1 is 1.32 bits per heavy atom. The molecule has 1 aromatic rings. The fraction of sp³-hybridized carbons (Fsp3) is 0.600. The standard InChI is InChI=1S/C15H22N2O2/c1-19-12-4-5-13(14(18)10-12)15(11-2-3-11)17-8-6-16-7-9-17/h4-5,10-11,15-16,18H,2-3,6-9H2,1H3/t15-/m0/s1. The Hall–Kier alpha value is -1.26. The lowest BCUT2D eigenvalue weighted by Crippen LogP contribution is -2.45. The molecule has 0 amide bonds. The highest BCUT2D eigenvalue weighted by Crippen LogP contribution is 2.47. The second-order valence-corrected chi connectivity index (χ2v) is 5.49. The summed E-state index contributed by atoms with van der Waals surface area (Å²) in [5.41, 5.74) is 1.06. The van der Waals surface area contributed by atoms with E-state index in [2.05, 4.69) is 10.2 Å². The lowest BCUT2D eigenvalue weighted by molar-refractivity contribution is 0.153. The lowest BCUT2D eigenvalue weighted by atomic mass is 9.98. The third-order valence-corrected chi connectivity index (χ3v) is 4.17. The third-order valence-electron chi connectivity index (χ3n) is 4.17. The van der Waals surface area contributed by atoms with E-state index in [0.717, 1.165) is 37.5 Å². The van der Waals surface area contributed by atoms with Gasteiger partial charge in [0, 0.05) is 43.9 Å². The quantitative estimate of drug-likeness (QED) is 0.868. The number of nitrogens with zero attached hydrogens (tertiary/aromatic N) is 1. The molecule has 4 nitrogen and oxygen atoms in total. The first-order valence-electron chi connectivity index (χ1n) is 7.11. The van der Waals surface area contributed by atoms with Crippen LogP contribution in [0.1, 0.15) is 24.4 Å². The van der Waals surface area contributed by atoms with Gasteiger partial charge in [0.2, 0.25) is 0 Å². The van der Waals surface area contributed by atoms with Gasteiger partial charge in [-0.1, -0.05) is 6.07 Å². The van der Waals surface area contributed by atoms with Gasteiger partial charge in [-0.2, -0.15) is 0 Å². The number of nitrogens with one attached hydrogen (secondary N) is 1. The number of benzene rings is 1. The van der Waals surface area contributed by atoms with Gasteiger partial charge in [-0.15, -0.1) is 0 Å². The summed E-state index contributed by atoms with van der Waals surface area (Å²) < 4.78 is 5.17. The Balaban J connectivity index is 1.86. The Morgan fingerprint density at radius 3 is 2.63 bits per heavy atom. The van der Waals surface area contributed by atoms with Crippen molar-refractivity contribution >= 4 is 0 Å². The lowest BCUT2D eigenvalue weighted by Gasteiger charge is -2.35. The zero-order valence-corrected chi connectivity index (χ0v) is 11.4. The van der Waals surface area contributed by atoms with Crippen LogP contribution in [-0.2, 0) is 0 Å². The Labute approximate surface area is 114 Å². The molecule has 1 aliphatic heterocycles. The molecule has 2 fully saturated rings. The summed E-state index contributed by atoms with van der Waals surface area (Å²) in [6.07, 6.45) is 2.56. The largest absolute Gasteiger partial charge is 0.507 e. The zero-order valence-electron chi connectivity index (χ0n) is 11.4. The molecule has 1 heterocycles. The van der Waals surface area contributed by atoms with E-state index in [-0.39, 0.29) is 0 Å². The molecule has 1 aromatic carbocycles. The van der Waals surface area contributed by atoms with Crippen LogP contribution >= 0.6 is 0 Å². The molecule has 4 heteroatoms. The SMILES string of the molecule is COc1ccc([C@H](C2CC2)N2CCNCC2)c(O)c1. The summed E-state index contributed by atoms with van der Waals surface area (Å²) >= 11 is 0. The number of phenols is 1. The van der Waals surface area contributed by atoms with Gasteiger partial charge in [0.25, 0.3) is 0 Å². The summed E-state index contributed by atoms with van der Waals surface area (Å²) in [6.45, 7) is 4.21. The van der Waals surface area contributed by atoms with Crippen molar-refractivity contribution in [1.82, 2.24) is 10.2 Å². The molecular weight excluding hydrogens is 240 g/mol. The highest BCUT2D eigenvalue weighted by Gasteiger charge is 2.37. The summed E-state index contributed by atoms with van der Waals surface area (Å²) in [5.74, 6) is 1.79. The molecule has 1 saturated carbocycles.